The number of benzene rings is 2. The van der Waals surface area contributed by atoms with Crippen LogP contribution in [0.15, 0.2) is 74.7 Å². The van der Waals surface area contributed by atoms with E-state index in [1.807, 2.05) is 4.90 Å². The highest BCUT2D eigenvalue weighted by Gasteiger charge is 2.47. The second-order valence-corrected chi connectivity index (χ2v) is 13.2. The molecule has 11 nitrogen and oxygen atoms in total. The highest BCUT2D eigenvalue weighted by Crippen LogP contribution is 2.43. The van der Waals surface area contributed by atoms with E-state index in [0.29, 0.717) is 11.6 Å². The third-order valence-electron chi connectivity index (χ3n) is 9.86. The molecule has 2 aromatic heterocycles. The first-order valence-electron chi connectivity index (χ1n) is 17.1. The number of likely N-dealkylation sites (tertiary alicyclic amines) is 1. The van der Waals surface area contributed by atoms with Crippen LogP contribution in [0.1, 0.15) is 71.2 Å². The van der Waals surface area contributed by atoms with Crippen LogP contribution in [0, 0.1) is 5.82 Å². The van der Waals surface area contributed by atoms with Gasteiger partial charge in [-0.2, -0.15) is 26.3 Å². The van der Waals surface area contributed by atoms with Gasteiger partial charge < -0.3 is 14.5 Å². The van der Waals surface area contributed by atoms with Gasteiger partial charge in [0.15, 0.2) is 0 Å². The Balaban J connectivity index is 1.39. The van der Waals surface area contributed by atoms with Crippen molar-refractivity contribution in [2.45, 2.75) is 75.9 Å². The van der Waals surface area contributed by atoms with Gasteiger partial charge >= 0.3 is 18.0 Å². The smallest absolute Gasteiger partial charge is 0.449 e. The van der Waals surface area contributed by atoms with Crippen molar-refractivity contribution in [3.05, 3.63) is 127 Å². The average molecular weight is 768 g/mol. The molecule has 290 valence electrons. The number of halogens is 7. The first kappa shape index (κ1) is 38.9. The molecule has 2 aromatic carbocycles. The van der Waals surface area contributed by atoms with Crippen LogP contribution in [-0.2, 0) is 53.7 Å². The minimum atomic E-state index is -4.96. The van der Waals surface area contributed by atoms with Gasteiger partial charge in [-0.15, -0.1) is 0 Å². The number of carbonyl (C=O) groups is 1. The predicted molar refractivity (Wildman–Crippen MR) is 177 cm³/mol. The highest BCUT2D eigenvalue weighted by atomic mass is 19.4. The number of ether oxygens (including phenoxy) is 1. The lowest BCUT2D eigenvalue weighted by atomic mass is 9.85. The van der Waals surface area contributed by atoms with Gasteiger partial charge in [0.05, 0.1) is 49.1 Å². The zero-order chi connectivity index (χ0) is 38.8. The first-order valence-corrected chi connectivity index (χ1v) is 17.1. The summed E-state index contributed by atoms with van der Waals surface area (Å²) in [4.78, 5) is 42.2. The molecule has 0 radical (unpaired) electrons. The van der Waals surface area contributed by atoms with Crippen molar-refractivity contribution >= 4 is 5.91 Å². The topological polar surface area (TPSA) is 131 Å². The molecule has 3 N–H and O–H groups in total. The van der Waals surface area contributed by atoms with E-state index in [4.69, 9.17) is 14.4 Å². The maximum Gasteiger partial charge on any atom is 0.449 e. The van der Waals surface area contributed by atoms with Gasteiger partial charge in [-0.25, -0.2) is 14.7 Å². The van der Waals surface area contributed by atoms with Gasteiger partial charge in [-0.05, 0) is 55.6 Å². The normalized spacial score (nSPS) is 16.4. The molecule has 1 fully saturated rings. The van der Waals surface area contributed by atoms with E-state index >= 15 is 4.39 Å². The summed E-state index contributed by atoms with van der Waals surface area (Å²) in [5.74, 6) is -2.89. The van der Waals surface area contributed by atoms with E-state index in [1.165, 1.54) is 6.07 Å². The molecule has 6 rings (SSSR count). The van der Waals surface area contributed by atoms with Crippen LogP contribution < -0.4 is 22.0 Å². The third kappa shape index (κ3) is 8.15. The molecule has 54 heavy (non-hydrogen) atoms. The molecule has 0 unspecified atom stereocenters. The lowest BCUT2D eigenvalue weighted by molar-refractivity contribution is -0.153. The Kier molecular flexibility index (Phi) is 11.2. The highest BCUT2D eigenvalue weighted by molar-refractivity contribution is 5.74. The zero-order valence-corrected chi connectivity index (χ0v) is 28.6. The quantitative estimate of drug-likeness (QED) is 0.0750. The summed E-state index contributed by atoms with van der Waals surface area (Å²) >= 11 is 0. The van der Waals surface area contributed by atoms with E-state index in [1.54, 1.807) is 35.8 Å². The number of nitrogens with one attached hydrogen (secondary N) is 2. The van der Waals surface area contributed by atoms with E-state index in [2.05, 4.69) is 5.32 Å². The van der Waals surface area contributed by atoms with Crippen LogP contribution in [0.25, 0.3) is 0 Å². The lowest BCUT2D eigenvalue weighted by Gasteiger charge is -2.38. The minimum absolute atomic E-state index is 0.00571. The summed E-state index contributed by atoms with van der Waals surface area (Å²) in [6, 6.07) is 12.5. The molecule has 0 aliphatic carbocycles. The second-order valence-electron chi connectivity index (χ2n) is 13.2. The molecule has 0 bridgehead atoms. The van der Waals surface area contributed by atoms with Gasteiger partial charge in [-0.3, -0.25) is 28.8 Å². The number of nitrogens with zero attached hydrogens (tertiary/aromatic N) is 3. The molecule has 18 heteroatoms. The number of carbonyl (C=O) groups excluding carboxylic acids is 1. The number of alkyl halides is 6. The van der Waals surface area contributed by atoms with Gasteiger partial charge in [0, 0.05) is 25.1 Å². The number of hydrogen-bond acceptors (Lipinski definition) is 8. The van der Waals surface area contributed by atoms with Crippen LogP contribution in [0.2, 0.25) is 0 Å². The lowest BCUT2D eigenvalue weighted by Crippen LogP contribution is -2.50. The Labute approximate surface area is 302 Å². The van der Waals surface area contributed by atoms with Crippen molar-refractivity contribution in [2.24, 2.45) is 0 Å². The van der Waals surface area contributed by atoms with Crippen molar-refractivity contribution in [3.8, 4) is 0 Å². The number of fused-ring (bicyclic) bond motifs is 2. The summed E-state index contributed by atoms with van der Waals surface area (Å²) in [6.07, 6.45) is -9.12. The van der Waals surface area contributed by atoms with Crippen LogP contribution in [0.3, 0.4) is 0 Å². The Hall–Kier alpha value is -4.78. The van der Waals surface area contributed by atoms with E-state index in [9.17, 15) is 40.7 Å². The number of aromatic nitrogens is 2. The SMILES string of the molecule is O=C(CCCN[C@@H](Cn1c(=O)c2c(n(Cc3c(F)cccc3C(F)(F)F)c1=O)COC21CCN(Cc2ccc(C(F)(F)F)o2)CC1)c1ccccc1)NO. The third-order valence-corrected chi connectivity index (χ3v) is 9.86. The molecule has 4 aromatic rings. The molecule has 1 atom stereocenters. The number of amides is 1. The Morgan fingerprint density at radius 2 is 1.63 bits per heavy atom. The summed E-state index contributed by atoms with van der Waals surface area (Å²) in [5, 5.41) is 12.1. The first-order chi connectivity index (χ1) is 25.6. The maximum atomic E-state index is 15.2. The van der Waals surface area contributed by atoms with Crippen LogP contribution in [0.4, 0.5) is 30.7 Å². The van der Waals surface area contributed by atoms with Crippen molar-refractivity contribution < 1.29 is 49.9 Å². The van der Waals surface area contributed by atoms with Crippen LogP contribution in [0.5, 0.6) is 0 Å². The summed E-state index contributed by atoms with van der Waals surface area (Å²) in [5.41, 5.74) is -2.91. The van der Waals surface area contributed by atoms with Gasteiger partial charge in [-0.1, -0.05) is 36.4 Å². The molecular weight excluding hydrogens is 731 g/mol. The fourth-order valence-corrected chi connectivity index (χ4v) is 7.13. The number of piperidine rings is 1. The van der Waals surface area contributed by atoms with Gasteiger partial charge in [0.25, 0.3) is 5.56 Å². The van der Waals surface area contributed by atoms with Crippen molar-refractivity contribution in [1.82, 2.24) is 24.8 Å². The van der Waals surface area contributed by atoms with Crippen molar-refractivity contribution in [3.63, 3.8) is 0 Å². The van der Waals surface area contributed by atoms with Gasteiger partial charge in [0.2, 0.25) is 11.7 Å². The predicted octanol–water partition coefficient (Wildman–Crippen LogP) is 5.47. The number of hydrogen-bond donors (Lipinski definition) is 3. The van der Waals surface area contributed by atoms with E-state index in [0.717, 1.165) is 27.3 Å². The fraction of sp³-hybridized carbons (Fsp3) is 0.417. The molecule has 1 spiro atoms. The largest absolute Gasteiger partial charge is 0.455 e. The summed E-state index contributed by atoms with van der Waals surface area (Å²) < 4.78 is 110. The molecular formula is C36H36F7N5O6. The molecule has 1 saturated heterocycles. The van der Waals surface area contributed by atoms with E-state index in [-0.39, 0.29) is 82.0 Å². The molecule has 4 heterocycles. The Morgan fingerprint density at radius 1 is 0.907 bits per heavy atom. The maximum absolute atomic E-state index is 15.2. The Morgan fingerprint density at radius 3 is 2.28 bits per heavy atom. The van der Waals surface area contributed by atoms with Gasteiger partial charge in [0.1, 0.15) is 17.2 Å². The Bertz CT molecular complexity index is 2090. The monoisotopic (exact) mass is 767 g/mol. The minimum Gasteiger partial charge on any atom is -0.455 e. The fourth-order valence-electron chi connectivity index (χ4n) is 7.13. The molecule has 2 aliphatic heterocycles. The number of rotatable bonds is 12. The number of hydroxylamine groups is 1. The number of furan rings is 1. The molecule has 1 amide bonds. The average Bonchev–Trinajstić information content (AvgIpc) is 3.76. The second kappa shape index (κ2) is 15.5. The summed E-state index contributed by atoms with van der Waals surface area (Å²) in [7, 11) is 0. The summed E-state index contributed by atoms with van der Waals surface area (Å²) in [6.45, 7) is -0.838. The molecule has 0 saturated carbocycles. The standard InChI is InChI=1S/C36H36F7N5O6/c37-26-9-4-8-25(35(38,39)40)24(26)19-47-28-21-53-34(13-16-46(17-14-34)18-23-11-12-29(54-23)36(41,42)43)31(28)32(50)48(33(47)51)20-27(22-6-2-1-3-7-22)44-15-5-10-30(49)45-52/h1-4,6-9,11-12,27,44,52H,5,10,13-21H2,(H,45,49)/t27-/m0/s1. The van der Waals surface area contributed by atoms with Crippen molar-refractivity contribution in [2.75, 3.05) is 19.6 Å². The van der Waals surface area contributed by atoms with Crippen molar-refractivity contribution in [1.29, 1.82) is 0 Å². The molecule has 2 aliphatic rings. The zero-order valence-electron chi connectivity index (χ0n) is 28.6. The van der Waals surface area contributed by atoms with Crippen LogP contribution >= 0.6 is 0 Å². The van der Waals surface area contributed by atoms with E-state index < -0.39 is 70.4 Å². The van der Waals surface area contributed by atoms with Crippen LogP contribution in [-0.4, -0.2) is 44.8 Å².